The summed E-state index contributed by atoms with van der Waals surface area (Å²) in [4.78, 5) is 42.4. The van der Waals surface area contributed by atoms with Gasteiger partial charge in [-0.25, -0.2) is 4.99 Å². The number of aliphatic imine (C=N–C) groups is 1. The quantitative estimate of drug-likeness (QED) is 0.836. The van der Waals surface area contributed by atoms with Crippen LogP contribution in [0.2, 0.25) is 5.02 Å². The second-order valence-corrected chi connectivity index (χ2v) is 7.51. The second kappa shape index (κ2) is 7.20. The highest BCUT2D eigenvalue weighted by Gasteiger charge is 2.35. The second-order valence-electron chi connectivity index (χ2n) is 7.07. The summed E-state index contributed by atoms with van der Waals surface area (Å²) in [6, 6.07) is 6.94. The third-order valence-electron chi connectivity index (χ3n) is 5.07. The third-order valence-corrected chi connectivity index (χ3v) is 5.32. The summed E-state index contributed by atoms with van der Waals surface area (Å²) in [5.74, 6) is -1.13. The van der Waals surface area contributed by atoms with Gasteiger partial charge < -0.3 is 10.2 Å². The van der Waals surface area contributed by atoms with Crippen LogP contribution in [0.25, 0.3) is 0 Å². The molecular weight excluding hydrogens is 378 g/mol. The Hall–Kier alpha value is -2.99. The monoisotopic (exact) mass is 395 g/mol. The summed E-state index contributed by atoms with van der Waals surface area (Å²) >= 11 is 5.89. The zero-order chi connectivity index (χ0) is 19.8. The molecule has 2 unspecified atom stereocenters. The molecule has 4 rings (SSSR count). The lowest BCUT2D eigenvalue weighted by Gasteiger charge is -2.25. The SMILES string of the molecule is CC1=CC(=O)NC2=CC(=NC(=O)C3CC(=O)N(c4ccc(Cl)cc4)C3)C=CC12. The van der Waals surface area contributed by atoms with Crippen LogP contribution in [0.5, 0.6) is 0 Å². The van der Waals surface area contributed by atoms with Gasteiger partial charge in [-0.2, -0.15) is 0 Å². The van der Waals surface area contributed by atoms with Crippen molar-refractivity contribution in [1.29, 1.82) is 0 Å². The van der Waals surface area contributed by atoms with Crippen molar-refractivity contribution >= 4 is 40.7 Å². The van der Waals surface area contributed by atoms with Crippen LogP contribution in [0.15, 0.2) is 64.8 Å². The molecule has 1 N–H and O–H groups in total. The van der Waals surface area contributed by atoms with Gasteiger partial charge in [0, 0.05) is 41.4 Å². The van der Waals surface area contributed by atoms with E-state index in [0.29, 0.717) is 22.1 Å². The van der Waals surface area contributed by atoms with Crippen molar-refractivity contribution in [3.63, 3.8) is 0 Å². The Kier molecular flexibility index (Phi) is 4.73. The van der Waals surface area contributed by atoms with E-state index < -0.39 is 5.92 Å². The number of allylic oxidation sites excluding steroid dienone is 3. The number of carbonyl (C=O) groups excluding carboxylic acids is 3. The van der Waals surface area contributed by atoms with Gasteiger partial charge in [0.05, 0.1) is 11.6 Å². The van der Waals surface area contributed by atoms with Crippen LogP contribution >= 0.6 is 11.6 Å². The van der Waals surface area contributed by atoms with E-state index in [-0.39, 0.29) is 36.6 Å². The van der Waals surface area contributed by atoms with Crippen LogP contribution in [-0.4, -0.2) is 30.0 Å². The number of carbonyl (C=O) groups is 3. The average molecular weight is 396 g/mol. The largest absolute Gasteiger partial charge is 0.325 e. The van der Waals surface area contributed by atoms with Gasteiger partial charge in [0.15, 0.2) is 0 Å². The standard InChI is InChI=1S/C21H18ClN3O3/c1-12-8-19(26)24-18-10-15(4-7-17(12)18)23-21(28)13-9-20(27)25(11-13)16-5-2-14(22)3-6-16/h2-8,10,13,17H,9,11H2,1H3,(H,24,26). The lowest BCUT2D eigenvalue weighted by atomic mass is 9.89. The van der Waals surface area contributed by atoms with Crippen molar-refractivity contribution in [1.82, 2.24) is 5.32 Å². The molecule has 2 aliphatic heterocycles. The van der Waals surface area contributed by atoms with Crippen molar-refractivity contribution < 1.29 is 14.4 Å². The number of anilines is 1. The molecule has 0 radical (unpaired) electrons. The normalized spacial score (nSPS) is 25.4. The fraction of sp³-hybridized carbons (Fsp3) is 0.238. The van der Waals surface area contributed by atoms with Crippen LogP contribution in [0.4, 0.5) is 5.69 Å². The molecule has 0 bridgehead atoms. The molecule has 2 heterocycles. The smallest absolute Gasteiger partial charge is 0.251 e. The van der Waals surface area contributed by atoms with E-state index in [1.807, 2.05) is 13.0 Å². The van der Waals surface area contributed by atoms with Crippen molar-refractivity contribution in [2.75, 3.05) is 11.4 Å². The molecule has 0 saturated carbocycles. The summed E-state index contributed by atoms with van der Waals surface area (Å²) in [6.07, 6.45) is 7.08. The Morgan fingerprint density at radius 1 is 1.21 bits per heavy atom. The zero-order valence-electron chi connectivity index (χ0n) is 15.2. The third kappa shape index (κ3) is 3.55. The van der Waals surface area contributed by atoms with Gasteiger partial charge in [-0.05, 0) is 43.3 Å². The van der Waals surface area contributed by atoms with Gasteiger partial charge in [-0.3, -0.25) is 14.4 Å². The highest BCUT2D eigenvalue weighted by Crippen LogP contribution is 2.28. The van der Waals surface area contributed by atoms with Gasteiger partial charge in [0.25, 0.3) is 5.91 Å². The summed E-state index contributed by atoms with van der Waals surface area (Å²) in [5, 5.41) is 3.38. The molecule has 1 aliphatic carbocycles. The average Bonchev–Trinajstić information content (AvgIpc) is 3.04. The van der Waals surface area contributed by atoms with Crippen molar-refractivity contribution in [2.45, 2.75) is 13.3 Å². The predicted octanol–water partition coefficient (Wildman–Crippen LogP) is 2.81. The Morgan fingerprint density at radius 2 is 1.96 bits per heavy atom. The van der Waals surface area contributed by atoms with E-state index in [1.165, 1.54) is 0 Å². The molecule has 142 valence electrons. The molecule has 6 nitrogen and oxygen atoms in total. The number of nitrogens with zero attached hydrogens (tertiary/aromatic N) is 2. The number of nitrogens with one attached hydrogen (secondary N) is 1. The molecular formula is C21H18ClN3O3. The highest BCUT2D eigenvalue weighted by atomic mass is 35.5. The zero-order valence-corrected chi connectivity index (χ0v) is 15.9. The van der Waals surface area contributed by atoms with Crippen LogP contribution < -0.4 is 10.2 Å². The predicted molar refractivity (Wildman–Crippen MR) is 107 cm³/mol. The molecule has 1 aromatic carbocycles. The first-order valence-electron chi connectivity index (χ1n) is 8.98. The number of benzene rings is 1. The number of rotatable bonds is 2. The number of halogens is 1. The minimum absolute atomic E-state index is 0.000191. The molecule has 1 fully saturated rings. The van der Waals surface area contributed by atoms with E-state index in [9.17, 15) is 14.4 Å². The Labute approximate surface area is 167 Å². The number of amides is 3. The maximum Gasteiger partial charge on any atom is 0.251 e. The maximum absolute atomic E-state index is 12.6. The fourth-order valence-electron chi connectivity index (χ4n) is 3.61. The van der Waals surface area contributed by atoms with Gasteiger partial charge >= 0.3 is 0 Å². The topological polar surface area (TPSA) is 78.8 Å². The first-order valence-corrected chi connectivity index (χ1v) is 9.36. The van der Waals surface area contributed by atoms with Crippen molar-refractivity contribution in [3.8, 4) is 0 Å². The maximum atomic E-state index is 12.6. The summed E-state index contributed by atoms with van der Waals surface area (Å²) in [5.41, 5.74) is 2.84. The lowest BCUT2D eigenvalue weighted by molar-refractivity contribution is -0.123. The van der Waals surface area contributed by atoms with E-state index >= 15 is 0 Å². The molecule has 0 aromatic heterocycles. The van der Waals surface area contributed by atoms with Crippen LogP contribution in [-0.2, 0) is 14.4 Å². The van der Waals surface area contributed by atoms with Crippen molar-refractivity contribution in [2.24, 2.45) is 16.8 Å². The van der Waals surface area contributed by atoms with E-state index in [2.05, 4.69) is 10.3 Å². The van der Waals surface area contributed by atoms with Crippen molar-refractivity contribution in [3.05, 3.63) is 64.9 Å². The first-order chi connectivity index (χ1) is 13.4. The van der Waals surface area contributed by atoms with Gasteiger partial charge in [-0.15, -0.1) is 0 Å². The Morgan fingerprint density at radius 3 is 2.71 bits per heavy atom. The fourth-order valence-corrected chi connectivity index (χ4v) is 3.74. The van der Waals surface area contributed by atoms with Gasteiger partial charge in [-0.1, -0.05) is 23.3 Å². The molecule has 1 aromatic rings. The molecule has 2 atom stereocenters. The molecule has 1 saturated heterocycles. The molecule has 3 amide bonds. The van der Waals surface area contributed by atoms with Crippen LogP contribution in [0.3, 0.4) is 0 Å². The Bertz CT molecular complexity index is 989. The van der Waals surface area contributed by atoms with Crippen LogP contribution in [0.1, 0.15) is 13.3 Å². The summed E-state index contributed by atoms with van der Waals surface area (Å²) < 4.78 is 0. The van der Waals surface area contributed by atoms with E-state index in [1.54, 1.807) is 47.4 Å². The summed E-state index contributed by atoms with van der Waals surface area (Å²) in [6.45, 7) is 2.18. The van der Waals surface area contributed by atoms with Gasteiger partial charge in [0.1, 0.15) is 0 Å². The minimum Gasteiger partial charge on any atom is -0.325 e. The number of fused-ring (bicyclic) bond motifs is 1. The molecule has 7 heteroatoms. The molecule has 28 heavy (non-hydrogen) atoms. The summed E-state index contributed by atoms with van der Waals surface area (Å²) in [7, 11) is 0. The Balaban J connectivity index is 1.49. The lowest BCUT2D eigenvalue weighted by Crippen LogP contribution is -2.32. The number of hydrogen-bond donors (Lipinski definition) is 1. The molecule has 3 aliphatic rings. The highest BCUT2D eigenvalue weighted by molar-refractivity contribution is 6.30. The minimum atomic E-state index is -0.497. The van der Waals surface area contributed by atoms with E-state index in [4.69, 9.17) is 11.6 Å². The van der Waals surface area contributed by atoms with Gasteiger partial charge in [0.2, 0.25) is 11.8 Å². The number of hydrogen-bond acceptors (Lipinski definition) is 3. The molecule has 0 spiro atoms. The first kappa shape index (κ1) is 18.4. The van der Waals surface area contributed by atoms with Crippen LogP contribution in [0, 0.1) is 11.8 Å². The van der Waals surface area contributed by atoms with E-state index in [0.717, 1.165) is 5.57 Å².